The number of carboxylic acid groups (broad SMARTS) is 1. The molecule has 0 aliphatic heterocycles. The van der Waals surface area contributed by atoms with E-state index >= 15 is 0 Å². The summed E-state index contributed by atoms with van der Waals surface area (Å²) in [6.45, 7) is 3.67. The van der Waals surface area contributed by atoms with E-state index in [0.29, 0.717) is 0 Å². The molecule has 3 rings (SSSR count). The Morgan fingerprint density at radius 3 is 2.11 bits per heavy atom. The van der Waals surface area contributed by atoms with Crippen molar-refractivity contribution in [1.82, 2.24) is 5.32 Å². The monoisotopic (exact) mass is 383 g/mol. The number of carbonyl (C=O) groups is 2. The highest BCUT2D eigenvalue weighted by Gasteiger charge is 2.31. The summed E-state index contributed by atoms with van der Waals surface area (Å²) in [6.07, 6.45) is -0.621. The number of aliphatic carboxylic acids is 1. The van der Waals surface area contributed by atoms with Gasteiger partial charge in [-0.25, -0.2) is 9.59 Å². The summed E-state index contributed by atoms with van der Waals surface area (Å²) < 4.78 is 10.7. The minimum atomic E-state index is -1.13. The average molecular weight is 383 g/mol. The Hall–Kier alpha value is -2.86. The third-order valence-electron chi connectivity index (χ3n) is 5.18. The minimum Gasteiger partial charge on any atom is -0.480 e. The van der Waals surface area contributed by atoms with E-state index < -0.39 is 23.7 Å². The topological polar surface area (TPSA) is 84.9 Å². The number of ether oxygens (including phenoxy) is 2. The standard InChI is InChI=1S/C22H25NO5/c1-22(2,27-3)12-19(20(24)25)23-21(26)28-13-18-16-10-6-4-8-14(16)15-9-5-7-11-17(15)18/h4-11,18-19H,12-13H2,1-3H3,(H,23,26)(H,24,25). The molecule has 1 amide bonds. The molecule has 6 heteroatoms. The van der Waals surface area contributed by atoms with Crippen molar-refractivity contribution in [1.29, 1.82) is 0 Å². The van der Waals surface area contributed by atoms with Gasteiger partial charge in [0, 0.05) is 19.4 Å². The molecule has 1 atom stereocenters. The van der Waals surface area contributed by atoms with Crippen molar-refractivity contribution in [2.75, 3.05) is 13.7 Å². The predicted octanol–water partition coefficient (Wildman–Crippen LogP) is 3.79. The van der Waals surface area contributed by atoms with Gasteiger partial charge in [-0.05, 0) is 36.1 Å². The largest absolute Gasteiger partial charge is 0.480 e. The van der Waals surface area contributed by atoms with Gasteiger partial charge in [-0.2, -0.15) is 0 Å². The van der Waals surface area contributed by atoms with Crippen LogP contribution in [0.1, 0.15) is 37.3 Å². The normalized spacial score (nSPS) is 14.1. The van der Waals surface area contributed by atoms with Crippen LogP contribution in [0.4, 0.5) is 4.79 Å². The molecule has 0 saturated carbocycles. The lowest BCUT2D eigenvalue weighted by Crippen LogP contribution is -2.46. The van der Waals surface area contributed by atoms with Crippen molar-refractivity contribution < 1.29 is 24.2 Å². The Morgan fingerprint density at radius 1 is 1.07 bits per heavy atom. The Kier molecular flexibility index (Phi) is 5.70. The van der Waals surface area contributed by atoms with E-state index in [4.69, 9.17) is 9.47 Å². The van der Waals surface area contributed by atoms with E-state index in [1.54, 1.807) is 13.8 Å². The molecule has 1 aliphatic carbocycles. The van der Waals surface area contributed by atoms with E-state index in [-0.39, 0.29) is 18.9 Å². The van der Waals surface area contributed by atoms with Crippen LogP contribution in [0.15, 0.2) is 48.5 Å². The molecule has 1 unspecified atom stereocenters. The maximum absolute atomic E-state index is 12.3. The molecule has 0 heterocycles. The van der Waals surface area contributed by atoms with Gasteiger partial charge >= 0.3 is 12.1 Å². The van der Waals surface area contributed by atoms with Crippen LogP contribution >= 0.6 is 0 Å². The van der Waals surface area contributed by atoms with Crippen molar-refractivity contribution in [3.8, 4) is 11.1 Å². The smallest absolute Gasteiger partial charge is 0.407 e. The number of benzene rings is 2. The lowest BCUT2D eigenvalue weighted by Gasteiger charge is -2.26. The van der Waals surface area contributed by atoms with Crippen LogP contribution in [0.2, 0.25) is 0 Å². The number of hydrogen-bond donors (Lipinski definition) is 2. The number of carbonyl (C=O) groups excluding carboxylic acids is 1. The number of rotatable bonds is 7. The Bertz CT molecular complexity index is 831. The maximum atomic E-state index is 12.3. The second-order valence-corrected chi connectivity index (χ2v) is 7.53. The van der Waals surface area contributed by atoms with Gasteiger partial charge in [0.2, 0.25) is 0 Å². The first kappa shape index (κ1) is 19.9. The van der Waals surface area contributed by atoms with Crippen molar-refractivity contribution in [3.05, 3.63) is 59.7 Å². The summed E-state index contributed by atoms with van der Waals surface area (Å²) in [7, 11) is 1.51. The molecule has 0 saturated heterocycles. The fourth-order valence-electron chi connectivity index (χ4n) is 3.56. The van der Waals surface area contributed by atoms with Crippen molar-refractivity contribution in [2.24, 2.45) is 0 Å². The van der Waals surface area contributed by atoms with Gasteiger partial charge in [0.1, 0.15) is 12.6 Å². The van der Waals surface area contributed by atoms with Crippen LogP contribution in [0.25, 0.3) is 11.1 Å². The molecule has 0 spiro atoms. The number of methoxy groups -OCH3 is 1. The number of alkyl carbamates (subject to hydrolysis) is 1. The molecule has 0 bridgehead atoms. The first-order valence-corrected chi connectivity index (χ1v) is 9.22. The Morgan fingerprint density at radius 2 is 1.61 bits per heavy atom. The zero-order chi connectivity index (χ0) is 20.3. The van der Waals surface area contributed by atoms with Gasteiger partial charge < -0.3 is 19.9 Å². The summed E-state index contributed by atoms with van der Waals surface area (Å²) in [5.41, 5.74) is 3.80. The molecular formula is C22H25NO5. The number of carboxylic acids is 1. The molecule has 28 heavy (non-hydrogen) atoms. The molecule has 2 N–H and O–H groups in total. The van der Waals surface area contributed by atoms with Crippen LogP contribution in [0, 0.1) is 0 Å². The molecule has 0 fully saturated rings. The molecule has 2 aromatic rings. The maximum Gasteiger partial charge on any atom is 0.407 e. The third kappa shape index (κ3) is 4.17. The Labute approximate surface area is 164 Å². The zero-order valence-corrected chi connectivity index (χ0v) is 16.3. The van der Waals surface area contributed by atoms with E-state index in [1.165, 1.54) is 7.11 Å². The van der Waals surface area contributed by atoms with E-state index in [2.05, 4.69) is 17.4 Å². The second-order valence-electron chi connectivity index (χ2n) is 7.53. The van der Waals surface area contributed by atoms with Crippen molar-refractivity contribution >= 4 is 12.1 Å². The van der Waals surface area contributed by atoms with Gasteiger partial charge in [-0.15, -0.1) is 0 Å². The molecule has 0 aromatic heterocycles. The molecule has 2 aromatic carbocycles. The Balaban J connectivity index is 1.68. The molecule has 6 nitrogen and oxygen atoms in total. The summed E-state index contributed by atoms with van der Waals surface area (Å²) in [6, 6.07) is 15.0. The number of fused-ring (bicyclic) bond motifs is 3. The van der Waals surface area contributed by atoms with Crippen molar-refractivity contribution in [2.45, 2.75) is 37.8 Å². The van der Waals surface area contributed by atoms with Crippen LogP contribution < -0.4 is 5.32 Å². The van der Waals surface area contributed by atoms with Crippen LogP contribution in [0.3, 0.4) is 0 Å². The lowest BCUT2D eigenvalue weighted by molar-refractivity contribution is -0.141. The third-order valence-corrected chi connectivity index (χ3v) is 5.18. The number of hydrogen-bond acceptors (Lipinski definition) is 4. The predicted molar refractivity (Wildman–Crippen MR) is 105 cm³/mol. The molecule has 148 valence electrons. The molecule has 0 radical (unpaired) electrons. The molecule has 1 aliphatic rings. The van der Waals surface area contributed by atoms with Crippen LogP contribution in [0.5, 0.6) is 0 Å². The SMILES string of the molecule is COC(C)(C)CC(NC(=O)OCC1c2ccccc2-c2ccccc21)C(=O)O. The van der Waals surface area contributed by atoms with Crippen LogP contribution in [-0.2, 0) is 14.3 Å². The first-order chi connectivity index (χ1) is 13.3. The van der Waals surface area contributed by atoms with Gasteiger partial charge in [0.15, 0.2) is 0 Å². The number of nitrogens with one attached hydrogen (secondary N) is 1. The highest BCUT2D eigenvalue weighted by Crippen LogP contribution is 2.44. The summed E-state index contributed by atoms with van der Waals surface area (Å²) in [5.74, 6) is -1.20. The van der Waals surface area contributed by atoms with E-state index in [9.17, 15) is 14.7 Å². The molecular weight excluding hydrogens is 358 g/mol. The van der Waals surface area contributed by atoms with Crippen LogP contribution in [-0.4, -0.2) is 42.5 Å². The highest BCUT2D eigenvalue weighted by atomic mass is 16.5. The van der Waals surface area contributed by atoms with Gasteiger partial charge in [-0.1, -0.05) is 48.5 Å². The summed E-state index contributed by atoms with van der Waals surface area (Å²) in [4.78, 5) is 23.8. The minimum absolute atomic E-state index is 0.0724. The van der Waals surface area contributed by atoms with Gasteiger partial charge in [-0.3, -0.25) is 0 Å². The first-order valence-electron chi connectivity index (χ1n) is 9.22. The average Bonchev–Trinajstić information content (AvgIpc) is 2.99. The zero-order valence-electron chi connectivity index (χ0n) is 16.3. The summed E-state index contributed by atoms with van der Waals surface area (Å²) in [5, 5.41) is 11.8. The van der Waals surface area contributed by atoms with E-state index in [0.717, 1.165) is 22.3 Å². The fraction of sp³-hybridized carbons (Fsp3) is 0.364. The quantitative estimate of drug-likeness (QED) is 0.760. The lowest BCUT2D eigenvalue weighted by atomic mass is 9.98. The van der Waals surface area contributed by atoms with E-state index in [1.807, 2.05) is 36.4 Å². The highest BCUT2D eigenvalue weighted by molar-refractivity contribution is 5.81. The van der Waals surface area contributed by atoms with Gasteiger partial charge in [0.05, 0.1) is 5.60 Å². The van der Waals surface area contributed by atoms with Crippen molar-refractivity contribution in [3.63, 3.8) is 0 Å². The van der Waals surface area contributed by atoms with Gasteiger partial charge in [0.25, 0.3) is 0 Å². The fourth-order valence-corrected chi connectivity index (χ4v) is 3.56. The summed E-state index contributed by atoms with van der Waals surface area (Å²) >= 11 is 0. The number of amides is 1. The second kappa shape index (κ2) is 8.02.